The third kappa shape index (κ3) is 2.74. The minimum atomic E-state index is 0.109. The Morgan fingerprint density at radius 2 is 2.06 bits per heavy atom. The molecule has 1 heterocycles. The van der Waals surface area contributed by atoms with E-state index in [1.165, 1.54) is 5.57 Å². The Balaban J connectivity index is 2.09. The summed E-state index contributed by atoms with van der Waals surface area (Å²) in [4.78, 5) is 14.1. The van der Waals surface area contributed by atoms with Crippen molar-refractivity contribution >= 4 is 5.91 Å². The number of amides is 1. The van der Waals surface area contributed by atoms with Gasteiger partial charge < -0.3 is 10.6 Å². The maximum Gasteiger partial charge on any atom is 0.254 e. The molecule has 0 aromatic heterocycles. The average Bonchev–Trinajstić information content (AvgIpc) is 2.39. The van der Waals surface area contributed by atoms with Gasteiger partial charge in [-0.3, -0.25) is 4.79 Å². The van der Waals surface area contributed by atoms with Crippen LogP contribution in [0.25, 0.3) is 0 Å². The maximum atomic E-state index is 12.2. The van der Waals surface area contributed by atoms with Gasteiger partial charge >= 0.3 is 0 Å². The lowest BCUT2D eigenvalue weighted by Gasteiger charge is -2.25. The van der Waals surface area contributed by atoms with Crippen LogP contribution in [0.3, 0.4) is 0 Å². The van der Waals surface area contributed by atoms with Gasteiger partial charge in [-0.15, -0.1) is 0 Å². The van der Waals surface area contributed by atoms with E-state index in [-0.39, 0.29) is 5.91 Å². The lowest BCUT2D eigenvalue weighted by molar-refractivity contribution is 0.0769. The number of rotatable bonds is 2. The van der Waals surface area contributed by atoms with Crippen LogP contribution in [0, 0.1) is 0 Å². The van der Waals surface area contributed by atoms with Crippen molar-refractivity contribution in [1.82, 2.24) is 4.90 Å². The first kappa shape index (κ1) is 11.9. The van der Waals surface area contributed by atoms with E-state index in [1.54, 1.807) is 0 Å². The van der Waals surface area contributed by atoms with Gasteiger partial charge in [0.05, 0.1) is 0 Å². The Hall–Kier alpha value is -1.61. The van der Waals surface area contributed by atoms with Crippen LogP contribution < -0.4 is 5.73 Å². The zero-order valence-electron chi connectivity index (χ0n) is 10.1. The van der Waals surface area contributed by atoms with E-state index in [0.29, 0.717) is 6.54 Å². The molecule has 1 aliphatic rings. The van der Waals surface area contributed by atoms with E-state index in [9.17, 15) is 4.79 Å². The van der Waals surface area contributed by atoms with E-state index >= 15 is 0 Å². The summed E-state index contributed by atoms with van der Waals surface area (Å²) in [5, 5.41) is 0. The number of hydrogen-bond donors (Lipinski definition) is 1. The Bertz CT molecular complexity index is 434. The number of carbonyl (C=O) groups is 1. The summed E-state index contributed by atoms with van der Waals surface area (Å²) >= 11 is 0. The first-order valence-electron chi connectivity index (χ1n) is 5.94. The third-order valence-corrected chi connectivity index (χ3v) is 3.16. The SMILES string of the molecule is CC1=CCN(C(=O)c2ccc(CN)cc2)CC1. The first-order chi connectivity index (χ1) is 8.20. The van der Waals surface area contributed by atoms with E-state index in [1.807, 2.05) is 29.2 Å². The summed E-state index contributed by atoms with van der Waals surface area (Å²) in [6.07, 6.45) is 3.10. The average molecular weight is 230 g/mol. The van der Waals surface area contributed by atoms with E-state index in [4.69, 9.17) is 5.73 Å². The minimum Gasteiger partial charge on any atom is -0.335 e. The fourth-order valence-electron chi connectivity index (χ4n) is 1.92. The number of nitrogens with two attached hydrogens (primary N) is 1. The number of benzene rings is 1. The van der Waals surface area contributed by atoms with Crippen molar-refractivity contribution in [2.24, 2.45) is 5.73 Å². The number of carbonyl (C=O) groups excluding carboxylic acids is 1. The second-order valence-corrected chi connectivity index (χ2v) is 4.45. The molecule has 0 unspecified atom stereocenters. The summed E-state index contributed by atoms with van der Waals surface area (Å²) in [5.74, 6) is 0.109. The van der Waals surface area contributed by atoms with E-state index in [2.05, 4.69) is 13.0 Å². The second-order valence-electron chi connectivity index (χ2n) is 4.45. The van der Waals surface area contributed by atoms with Gasteiger partial charge in [0.25, 0.3) is 5.91 Å². The smallest absolute Gasteiger partial charge is 0.254 e. The molecule has 17 heavy (non-hydrogen) atoms. The molecular formula is C14H18N2O. The van der Waals surface area contributed by atoms with Crippen LogP contribution in [0.5, 0.6) is 0 Å². The lowest BCUT2D eigenvalue weighted by Crippen LogP contribution is -2.34. The molecule has 0 spiro atoms. The monoisotopic (exact) mass is 230 g/mol. The standard InChI is InChI=1S/C14H18N2O/c1-11-6-8-16(9-7-11)14(17)13-4-2-12(10-15)3-5-13/h2-6H,7-10,15H2,1H3. The van der Waals surface area contributed by atoms with Crippen LogP contribution in [0.4, 0.5) is 0 Å². The van der Waals surface area contributed by atoms with Gasteiger partial charge in [0.15, 0.2) is 0 Å². The molecule has 0 saturated heterocycles. The van der Waals surface area contributed by atoms with Gasteiger partial charge in [-0.25, -0.2) is 0 Å². The first-order valence-corrected chi connectivity index (χ1v) is 5.94. The van der Waals surface area contributed by atoms with Gasteiger partial charge in [0.2, 0.25) is 0 Å². The van der Waals surface area contributed by atoms with Crippen LogP contribution in [-0.4, -0.2) is 23.9 Å². The highest BCUT2D eigenvalue weighted by atomic mass is 16.2. The van der Waals surface area contributed by atoms with Crippen molar-refractivity contribution < 1.29 is 4.79 Å². The highest BCUT2D eigenvalue weighted by Crippen LogP contribution is 2.13. The normalized spacial score (nSPS) is 15.6. The van der Waals surface area contributed by atoms with Crippen molar-refractivity contribution in [3.05, 3.63) is 47.0 Å². The molecule has 2 rings (SSSR count). The molecule has 3 heteroatoms. The summed E-state index contributed by atoms with van der Waals surface area (Å²) in [5.41, 5.74) is 8.70. The fraction of sp³-hybridized carbons (Fsp3) is 0.357. The predicted molar refractivity (Wildman–Crippen MR) is 68.6 cm³/mol. The molecule has 0 saturated carbocycles. The van der Waals surface area contributed by atoms with Crippen LogP contribution in [0.15, 0.2) is 35.9 Å². The van der Waals surface area contributed by atoms with Gasteiger partial charge in [0.1, 0.15) is 0 Å². The topological polar surface area (TPSA) is 46.3 Å². The fourth-order valence-corrected chi connectivity index (χ4v) is 1.92. The maximum absolute atomic E-state index is 12.2. The van der Waals surface area contributed by atoms with Crippen LogP contribution >= 0.6 is 0 Å². The van der Waals surface area contributed by atoms with Crippen LogP contribution in [0.1, 0.15) is 29.3 Å². The van der Waals surface area contributed by atoms with Crippen molar-refractivity contribution in [3.63, 3.8) is 0 Å². The Labute approximate surface area is 102 Å². The summed E-state index contributed by atoms with van der Waals surface area (Å²) in [7, 11) is 0. The molecule has 90 valence electrons. The molecule has 1 aromatic carbocycles. The van der Waals surface area contributed by atoms with Crippen molar-refractivity contribution in [2.75, 3.05) is 13.1 Å². The molecular weight excluding hydrogens is 212 g/mol. The molecule has 0 bridgehead atoms. The molecule has 3 nitrogen and oxygen atoms in total. The highest BCUT2D eigenvalue weighted by molar-refractivity contribution is 5.94. The highest BCUT2D eigenvalue weighted by Gasteiger charge is 2.17. The van der Waals surface area contributed by atoms with Crippen molar-refractivity contribution in [1.29, 1.82) is 0 Å². The lowest BCUT2D eigenvalue weighted by atomic mass is 10.1. The van der Waals surface area contributed by atoms with Crippen molar-refractivity contribution in [3.8, 4) is 0 Å². The molecule has 0 radical (unpaired) electrons. The largest absolute Gasteiger partial charge is 0.335 e. The van der Waals surface area contributed by atoms with Crippen LogP contribution in [0.2, 0.25) is 0 Å². The Morgan fingerprint density at radius 1 is 1.35 bits per heavy atom. The van der Waals surface area contributed by atoms with Gasteiger partial charge in [-0.2, -0.15) is 0 Å². The van der Waals surface area contributed by atoms with Gasteiger partial charge in [0, 0.05) is 25.2 Å². The molecule has 0 aliphatic carbocycles. The minimum absolute atomic E-state index is 0.109. The molecule has 0 atom stereocenters. The predicted octanol–water partition coefficient (Wildman–Crippen LogP) is 1.94. The third-order valence-electron chi connectivity index (χ3n) is 3.16. The molecule has 1 aliphatic heterocycles. The molecule has 1 aromatic rings. The van der Waals surface area contributed by atoms with Crippen LogP contribution in [-0.2, 0) is 6.54 Å². The zero-order valence-corrected chi connectivity index (χ0v) is 10.1. The summed E-state index contributed by atoms with van der Waals surface area (Å²) in [6.45, 7) is 4.17. The molecule has 1 amide bonds. The molecule has 2 N–H and O–H groups in total. The van der Waals surface area contributed by atoms with E-state index < -0.39 is 0 Å². The second kappa shape index (κ2) is 5.15. The van der Waals surface area contributed by atoms with Gasteiger partial charge in [-0.1, -0.05) is 23.8 Å². The van der Waals surface area contributed by atoms with E-state index in [0.717, 1.165) is 30.6 Å². The Kier molecular flexibility index (Phi) is 3.59. The summed E-state index contributed by atoms with van der Waals surface area (Å²) in [6, 6.07) is 7.54. The quantitative estimate of drug-likeness (QED) is 0.789. The zero-order chi connectivity index (χ0) is 12.3. The number of hydrogen-bond acceptors (Lipinski definition) is 2. The van der Waals surface area contributed by atoms with Crippen molar-refractivity contribution in [2.45, 2.75) is 19.9 Å². The Morgan fingerprint density at radius 3 is 2.59 bits per heavy atom. The molecule has 0 fully saturated rings. The van der Waals surface area contributed by atoms with Gasteiger partial charge in [-0.05, 0) is 31.0 Å². The summed E-state index contributed by atoms with van der Waals surface area (Å²) < 4.78 is 0. The number of nitrogens with zero attached hydrogens (tertiary/aromatic N) is 1.